The van der Waals surface area contributed by atoms with E-state index in [4.69, 9.17) is 0 Å². The molecule has 2 aliphatic rings. The number of benzene rings is 1. The predicted octanol–water partition coefficient (Wildman–Crippen LogP) is 5.33. The van der Waals surface area contributed by atoms with Gasteiger partial charge in [-0.05, 0) is 61.3 Å². The van der Waals surface area contributed by atoms with Gasteiger partial charge in [-0.3, -0.25) is 0 Å². The zero-order valence-corrected chi connectivity index (χ0v) is 13.9. The summed E-state index contributed by atoms with van der Waals surface area (Å²) < 4.78 is 0. The number of hydrogen-bond acceptors (Lipinski definition) is 1. The third-order valence-electron chi connectivity index (χ3n) is 5.62. The fraction of sp³-hybridized carbons (Fsp3) is 0.700. The molecule has 1 atom stereocenters. The Labute approximate surface area is 130 Å². The van der Waals surface area contributed by atoms with E-state index < -0.39 is 0 Å². The van der Waals surface area contributed by atoms with Crippen LogP contribution in [0.4, 0.5) is 0 Å². The minimum absolute atomic E-state index is 0.486. The molecule has 0 aromatic heterocycles. The minimum Gasteiger partial charge on any atom is -0.307 e. The average molecular weight is 285 g/mol. The molecule has 1 nitrogen and oxygen atoms in total. The van der Waals surface area contributed by atoms with Gasteiger partial charge in [0.25, 0.3) is 0 Å². The fourth-order valence-corrected chi connectivity index (χ4v) is 3.97. The molecule has 0 aliphatic heterocycles. The van der Waals surface area contributed by atoms with Gasteiger partial charge in [-0.1, -0.05) is 51.1 Å². The van der Waals surface area contributed by atoms with Crippen LogP contribution >= 0.6 is 0 Å². The number of hydrogen-bond donors (Lipinski definition) is 1. The van der Waals surface area contributed by atoms with Crippen LogP contribution in [0.25, 0.3) is 0 Å². The standard InChI is InChI=1S/C20H31N/c1-20(2,3)17-11-13-18(14-12-17)21-19(16-9-10-16)15-7-5-4-6-8-15/h4-8,16-19,21H,9-14H2,1-3H3. The van der Waals surface area contributed by atoms with Crippen LogP contribution in [0.3, 0.4) is 0 Å². The molecule has 0 radical (unpaired) electrons. The van der Waals surface area contributed by atoms with Gasteiger partial charge < -0.3 is 5.32 Å². The van der Waals surface area contributed by atoms with Crippen molar-refractivity contribution in [1.29, 1.82) is 0 Å². The molecule has 0 saturated heterocycles. The first-order chi connectivity index (χ1) is 10.0. The van der Waals surface area contributed by atoms with Gasteiger partial charge >= 0.3 is 0 Å². The van der Waals surface area contributed by atoms with Gasteiger partial charge in [0, 0.05) is 12.1 Å². The molecule has 0 bridgehead atoms. The second-order valence-corrected chi connectivity index (χ2v) is 8.31. The summed E-state index contributed by atoms with van der Waals surface area (Å²) in [6, 6.07) is 12.4. The Kier molecular flexibility index (Phi) is 4.40. The van der Waals surface area contributed by atoms with E-state index in [1.54, 1.807) is 0 Å². The van der Waals surface area contributed by atoms with E-state index in [-0.39, 0.29) is 0 Å². The zero-order chi connectivity index (χ0) is 14.9. The highest BCUT2D eigenvalue weighted by atomic mass is 15.0. The van der Waals surface area contributed by atoms with Crippen molar-refractivity contribution in [1.82, 2.24) is 5.32 Å². The SMILES string of the molecule is CC(C)(C)C1CCC(NC(c2ccccc2)C2CC2)CC1. The minimum atomic E-state index is 0.486. The molecule has 1 aromatic carbocycles. The summed E-state index contributed by atoms with van der Waals surface area (Å²) in [5.74, 6) is 1.79. The smallest absolute Gasteiger partial charge is 0.0351 e. The third kappa shape index (κ3) is 3.88. The second-order valence-electron chi connectivity index (χ2n) is 8.31. The van der Waals surface area contributed by atoms with Crippen molar-refractivity contribution in [3.8, 4) is 0 Å². The third-order valence-corrected chi connectivity index (χ3v) is 5.62. The number of rotatable bonds is 4. The summed E-state index contributed by atoms with van der Waals surface area (Å²) in [6.07, 6.45) is 8.32. The van der Waals surface area contributed by atoms with Gasteiger partial charge in [0.15, 0.2) is 0 Å². The van der Waals surface area contributed by atoms with Crippen LogP contribution in [0, 0.1) is 17.3 Å². The summed E-state index contributed by atoms with van der Waals surface area (Å²) in [6.45, 7) is 7.22. The average Bonchev–Trinajstić information content (AvgIpc) is 3.30. The van der Waals surface area contributed by atoms with E-state index in [0.29, 0.717) is 11.5 Å². The van der Waals surface area contributed by atoms with Crippen LogP contribution in [0.2, 0.25) is 0 Å². The molecule has 21 heavy (non-hydrogen) atoms. The Morgan fingerprint density at radius 2 is 1.52 bits per heavy atom. The Bertz CT molecular complexity index is 433. The summed E-state index contributed by atoms with van der Waals surface area (Å²) in [5, 5.41) is 4.01. The zero-order valence-electron chi connectivity index (χ0n) is 13.9. The van der Waals surface area contributed by atoms with Crippen molar-refractivity contribution in [3.63, 3.8) is 0 Å². The van der Waals surface area contributed by atoms with Gasteiger partial charge in [0.1, 0.15) is 0 Å². The highest BCUT2D eigenvalue weighted by Gasteiger charge is 2.35. The van der Waals surface area contributed by atoms with Gasteiger partial charge in [-0.15, -0.1) is 0 Å². The fourth-order valence-electron chi connectivity index (χ4n) is 3.97. The van der Waals surface area contributed by atoms with Gasteiger partial charge in [-0.25, -0.2) is 0 Å². The topological polar surface area (TPSA) is 12.0 Å². The molecule has 0 spiro atoms. The highest BCUT2D eigenvalue weighted by molar-refractivity contribution is 5.21. The first-order valence-corrected chi connectivity index (χ1v) is 8.85. The summed E-state index contributed by atoms with van der Waals surface area (Å²) in [4.78, 5) is 0. The summed E-state index contributed by atoms with van der Waals surface area (Å²) in [7, 11) is 0. The van der Waals surface area contributed by atoms with E-state index in [1.165, 1.54) is 44.1 Å². The molecular weight excluding hydrogens is 254 g/mol. The van der Waals surface area contributed by atoms with Gasteiger partial charge in [-0.2, -0.15) is 0 Å². The van der Waals surface area contributed by atoms with Crippen molar-refractivity contribution < 1.29 is 0 Å². The summed E-state index contributed by atoms with van der Waals surface area (Å²) in [5.41, 5.74) is 1.98. The van der Waals surface area contributed by atoms with E-state index >= 15 is 0 Å². The second kappa shape index (κ2) is 6.12. The lowest BCUT2D eigenvalue weighted by Crippen LogP contribution is -2.38. The van der Waals surface area contributed by atoms with Crippen LogP contribution in [0.15, 0.2) is 30.3 Å². The van der Waals surface area contributed by atoms with Crippen molar-refractivity contribution >= 4 is 0 Å². The molecule has 2 saturated carbocycles. The van der Waals surface area contributed by atoms with Crippen LogP contribution in [-0.2, 0) is 0 Å². The molecule has 1 aromatic rings. The molecular formula is C20H31N. The van der Waals surface area contributed by atoms with Crippen LogP contribution in [0.5, 0.6) is 0 Å². The molecule has 1 N–H and O–H groups in total. The molecule has 3 rings (SSSR count). The van der Waals surface area contributed by atoms with E-state index in [0.717, 1.165) is 17.9 Å². The summed E-state index contributed by atoms with van der Waals surface area (Å²) >= 11 is 0. The lowest BCUT2D eigenvalue weighted by atomic mass is 9.71. The molecule has 0 amide bonds. The van der Waals surface area contributed by atoms with Crippen molar-refractivity contribution in [2.45, 2.75) is 71.4 Å². The predicted molar refractivity (Wildman–Crippen MR) is 90.2 cm³/mol. The lowest BCUT2D eigenvalue weighted by Gasteiger charge is -2.38. The maximum absolute atomic E-state index is 4.01. The van der Waals surface area contributed by atoms with Crippen molar-refractivity contribution in [3.05, 3.63) is 35.9 Å². The van der Waals surface area contributed by atoms with Crippen LogP contribution in [0.1, 0.15) is 70.9 Å². The van der Waals surface area contributed by atoms with E-state index in [9.17, 15) is 0 Å². The maximum atomic E-state index is 4.01. The van der Waals surface area contributed by atoms with Crippen LogP contribution in [-0.4, -0.2) is 6.04 Å². The van der Waals surface area contributed by atoms with E-state index in [1.807, 2.05) is 0 Å². The van der Waals surface area contributed by atoms with Gasteiger partial charge in [0.05, 0.1) is 0 Å². The van der Waals surface area contributed by atoms with Crippen LogP contribution < -0.4 is 5.32 Å². The van der Waals surface area contributed by atoms with Crippen molar-refractivity contribution in [2.24, 2.45) is 17.3 Å². The Balaban J connectivity index is 1.58. The molecule has 0 heterocycles. The normalized spacial score (nSPS) is 28.3. The Morgan fingerprint density at radius 3 is 2.05 bits per heavy atom. The highest BCUT2D eigenvalue weighted by Crippen LogP contribution is 2.43. The Hall–Kier alpha value is -0.820. The molecule has 2 fully saturated rings. The monoisotopic (exact) mass is 285 g/mol. The lowest BCUT2D eigenvalue weighted by molar-refractivity contribution is 0.154. The Morgan fingerprint density at radius 1 is 0.905 bits per heavy atom. The van der Waals surface area contributed by atoms with Crippen molar-refractivity contribution in [2.75, 3.05) is 0 Å². The quantitative estimate of drug-likeness (QED) is 0.788. The van der Waals surface area contributed by atoms with E-state index in [2.05, 4.69) is 56.4 Å². The first-order valence-electron chi connectivity index (χ1n) is 8.85. The molecule has 1 heteroatoms. The maximum Gasteiger partial charge on any atom is 0.0351 e. The van der Waals surface area contributed by atoms with Gasteiger partial charge in [0.2, 0.25) is 0 Å². The molecule has 2 aliphatic carbocycles. The number of nitrogens with one attached hydrogen (secondary N) is 1. The molecule has 1 unspecified atom stereocenters. The molecule has 116 valence electrons. The largest absolute Gasteiger partial charge is 0.307 e. The first kappa shape index (κ1) is 15.1.